The summed E-state index contributed by atoms with van der Waals surface area (Å²) in [5, 5.41) is 15.4. The second-order valence-corrected chi connectivity index (χ2v) is 9.07. The van der Waals surface area contributed by atoms with Crippen LogP contribution in [-0.2, 0) is 16.1 Å². The quantitative estimate of drug-likeness (QED) is 0.451. The standard InChI is InChI=1S/C27H25F2N3O5/c28-17-3-5-22(29)16(8-17)13-31-25(34)11-19-10-21-20-9-18(32-27(35)15-2-1-7-30-12-15)4-6-23(20)37-26(21)24(14-33)36-19/h1-9,12,19,21,24,26,33H,10-11,13-14H2,(H,31,34)(H,32,35)/t19-,21-,24+,26+/m0/s1. The third-order valence-corrected chi connectivity index (χ3v) is 6.58. The molecule has 4 atom stereocenters. The number of ether oxygens (including phenoxy) is 2. The van der Waals surface area contributed by atoms with Gasteiger partial charge in [0.05, 0.1) is 24.7 Å². The van der Waals surface area contributed by atoms with Crippen molar-refractivity contribution in [3.05, 3.63) is 89.2 Å². The maximum absolute atomic E-state index is 13.9. The number of hydrogen-bond donors (Lipinski definition) is 3. The van der Waals surface area contributed by atoms with Gasteiger partial charge >= 0.3 is 0 Å². The van der Waals surface area contributed by atoms with Crippen molar-refractivity contribution in [1.82, 2.24) is 10.3 Å². The van der Waals surface area contributed by atoms with Crippen LogP contribution in [0.5, 0.6) is 5.75 Å². The lowest BCUT2D eigenvalue weighted by Gasteiger charge is -2.37. The fraction of sp³-hybridized carbons (Fsp3) is 0.296. The van der Waals surface area contributed by atoms with Crippen molar-refractivity contribution in [2.24, 2.45) is 0 Å². The number of aliphatic hydroxyl groups excluding tert-OH is 1. The number of pyridine rings is 1. The third-order valence-electron chi connectivity index (χ3n) is 6.58. The van der Waals surface area contributed by atoms with Crippen LogP contribution in [0.4, 0.5) is 14.5 Å². The third kappa shape index (κ3) is 5.45. The largest absolute Gasteiger partial charge is 0.487 e. The predicted octanol–water partition coefficient (Wildman–Crippen LogP) is 3.31. The molecule has 3 aromatic rings. The van der Waals surface area contributed by atoms with Gasteiger partial charge in [0.25, 0.3) is 5.91 Å². The van der Waals surface area contributed by atoms with Gasteiger partial charge in [-0.05, 0) is 55.0 Å². The Morgan fingerprint density at radius 3 is 2.78 bits per heavy atom. The lowest BCUT2D eigenvalue weighted by Crippen LogP contribution is -2.47. The van der Waals surface area contributed by atoms with Crippen LogP contribution in [-0.4, -0.2) is 46.8 Å². The molecule has 5 rings (SSSR count). The first kappa shape index (κ1) is 24.8. The number of halogens is 2. The van der Waals surface area contributed by atoms with E-state index in [0.717, 1.165) is 23.8 Å². The minimum atomic E-state index is -0.655. The van der Waals surface area contributed by atoms with Crippen molar-refractivity contribution in [3.63, 3.8) is 0 Å². The molecule has 2 aromatic carbocycles. The zero-order valence-electron chi connectivity index (χ0n) is 19.7. The number of fused-ring (bicyclic) bond motifs is 3. The van der Waals surface area contributed by atoms with E-state index in [-0.39, 0.29) is 42.9 Å². The van der Waals surface area contributed by atoms with Crippen LogP contribution in [0, 0.1) is 11.6 Å². The Bertz CT molecular complexity index is 1310. The minimum absolute atomic E-state index is 0.0244. The number of anilines is 1. The highest BCUT2D eigenvalue weighted by molar-refractivity contribution is 6.04. The molecule has 1 aromatic heterocycles. The lowest BCUT2D eigenvalue weighted by molar-refractivity contribution is -0.142. The van der Waals surface area contributed by atoms with Crippen LogP contribution in [0.2, 0.25) is 0 Å². The summed E-state index contributed by atoms with van der Waals surface area (Å²) >= 11 is 0. The van der Waals surface area contributed by atoms with E-state index < -0.39 is 29.9 Å². The molecule has 37 heavy (non-hydrogen) atoms. The van der Waals surface area contributed by atoms with Crippen molar-refractivity contribution in [2.45, 2.75) is 43.6 Å². The number of carbonyl (C=O) groups is 2. The summed E-state index contributed by atoms with van der Waals surface area (Å²) in [5.74, 6) is -1.43. The van der Waals surface area contributed by atoms with Gasteiger partial charge in [-0.25, -0.2) is 8.78 Å². The number of nitrogens with one attached hydrogen (secondary N) is 2. The van der Waals surface area contributed by atoms with E-state index in [1.54, 1.807) is 30.5 Å². The normalized spacial score (nSPS) is 21.9. The molecule has 0 bridgehead atoms. The van der Waals surface area contributed by atoms with E-state index >= 15 is 0 Å². The van der Waals surface area contributed by atoms with E-state index in [0.29, 0.717) is 23.4 Å². The number of hydrogen-bond acceptors (Lipinski definition) is 6. The number of aliphatic hydroxyl groups is 1. The molecule has 3 N–H and O–H groups in total. The second-order valence-electron chi connectivity index (χ2n) is 9.07. The highest BCUT2D eigenvalue weighted by Crippen LogP contribution is 2.47. The first-order valence-corrected chi connectivity index (χ1v) is 11.9. The van der Waals surface area contributed by atoms with Crippen molar-refractivity contribution in [3.8, 4) is 5.75 Å². The average molecular weight is 510 g/mol. The fourth-order valence-corrected chi connectivity index (χ4v) is 4.82. The molecule has 0 spiro atoms. The molecule has 0 saturated carbocycles. The van der Waals surface area contributed by atoms with Crippen LogP contribution in [0.25, 0.3) is 0 Å². The van der Waals surface area contributed by atoms with E-state index in [1.807, 2.05) is 6.07 Å². The van der Waals surface area contributed by atoms with Crippen molar-refractivity contribution >= 4 is 17.5 Å². The Morgan fingerprint density at radius 2 is 2.00 bits per heavy atom. The van der Waals surface area contributed by atoms with Gasteiger partial charge in [0.1, 0.15) is 29.6 Å². The van der Waals surface area contributed by atoms with Crippen molar-refractivity contribution in [2.75, 3.05) is 11.9 Å². The summed E-state index contributed by atoms with van der Waals surface area (Å²) < 4.78 is 39.3. The van der Waals surface area contributed by atoms with Gasteiger partial charge in [0.15, 0.2) is 0 Å². The zero-order chi connectivity index (χ0) is 25.9. The van der Waals surface area contributed by atoms with Gasteiger partial charge in [-0.2, -0.15) is 0 Å². The van der Waals surface area contributed by atoms with Crippen LogP contribution in [0.15, 0.2) is 60.9 Å². The van der Waals surface area contributed by atoms with Crippen LogP contribution >= 0.6 is 0 Å². The molecule has 10 heteroatoms. The van der Waals surface area contributed by atoms with Crippen molar-refractivity contribution in [1.29, 1.82) is 0 Å². The second kappa shape index (κ2) is 10.6. The molecule has 192 valence electrons. The zero-order valence-corrected chi connectivity index (χ0v) is 19.7. The summed E-state index contributed by atoms with van der Waals surface area (Å²) in [5.41, 5.74) is 1.90. The molecular weight excluding hydrogens is 484 g/mol. The summed E-state index contributed by atoms with van der Waals surface area (Å²) in [6.45, 7) is -0.455. The van der Waals surface area contributed by atoms with Crippen LogP contribution in [0.3, 0.4) is 0 Å². The SMILES string of the molecule is O=C(C[C@@H]1C[C@H]2c3cc(NC(=O)c4cccnc4)ccc3O[C@H]2[C@@H](CO)O1)NCc1cc(F)ccc1F. The van der Waals surface area contributed by atoms with Crippen molar-refractivity contribution < 1.29 is 33.0 Å². The number of rotatable bonds is 7. The summed E-state index contributed by atoms with van der Waals surface area (Å²) in [4.78, 5) is 29.1. The molecule has 3 heterocycles. The molecule has 0 aliphatic carbocycles. The number of aromatic nitrogens is 1. The first-order valence-electron chi connectivity index (χ1n) is 11.9. The van der Waals surface area contributed by atoms with Crippen LogP contribution in [0.1, 0.15) is 40.2 Å². The molecular formula is C27H25F2N3O5. The number of amides is 2. The van der Waals surface area contributed by atoms with Crippen LogP contribution < -0.4 is 15.4 Å². The monoisotopic (exact) mass is 509 g/mol. The molecule has 1 saturated heterocycles. The van der Waals surface area contributed by atoms with E-state index in [4.69, 9.17) is 9.47 Å². The van der Waals surface area contributed by atoms with Gasteiger partial charge in [0, 0.05) is 41.7 Å². The Morgan fingerprint density at radius 1 is 1.14 bits per heavy atom. The van der Waals surface area contributed by atoms with E-state index in [2.05, 4.69) is 15.6 Å². The first-order chi connectivity index (χ1) is 17.9. The van der Waals surface area contributed by atoms with E-state index in [1.165, 1.54) is 6.20 Å². The molecule has 2 aliphatic rings. The molecule has 0 radical (unpaired) electrons. The Labute approximate surface area is 211 Å². The average Bonchev–Trinajstić information content (AvgIpc) is 3.27. The van der Waals surface area contributed by atoms with Gasteiger partial charge in [-0.15, -0.1) is 0 Å². The number of benzene rings is 2. The smallest absolute Gasteiger partial charge is 0.257 e. The fourth-order valence-electron chi connectivity index (χ4n) is 4.82. The summed E-state index contributed by atoms with van der Waals surface area (Å²) in [7, 11) is 0. The number of nitrogens with zero attached hydrogens (tertiary/aromatic N) is 1. The molecule has 8 nitrogen and oxygen atoms in total. The molecule has 2 aliphatic heterocycles. The Hall–Kier alpha value is -3.89. The summed E-state index contributed by atoms with van der Waals surface area (Å²) in [6.07, 6.45) is 1.86. The lowest BCUT2D eigenvalue weighted by atomic mass is 9.84. The topological polar surface area (TPSA) is 110 Å². The van der Waals surface area contributed by atoms with Gasteiger partial charge in [-0.3, -0.25) is 14.6 Å². The van der Waals surface area contributed by atoms with E-state index in [9.17, 15) is 23.5 Å². The maximum Gasteiger partial charge on any atom is 0.257 e. The summed E-state index contributed by atoms with van der Waals surface area (Å²) in [6, 6.07) is 11.7. The molecule has 2 amide bonds. The van der Waals surface area contributed by atoms with Gasteiger partial charge in [0.2, 0.25) is 5.91 Å². The van der Waals surface area contributed by atoms with Gasteiger partial charge in [-0.1, -0.05) is 0 Å². The number of carbonyl (C=O) groups excluding carboxylic acids is 2. The Balaban J connectivity index is 1.26. The van der Waals surface area contributed by atoms with Gasteiger partial charge < -0.3 is 25.2 Å². The molecule has 1 fully saturated rings. The Kier molecular flexibility index (Phi) is 7.11. The maximum atomic E-state index is 13.9. The molecule has 0 unspecified atom stereocenters. The predicted molar refractivity (Wildman–Crippen MR) is 129 cm³/mol. The minimum Gasteiger partial charge on any atom is -0.487 e. The highest BCUT2D eigenvalue weighted by Gasteiger charge is 2.46. The highest BCUT2D eigenvalue weighted by atomic mass is 19.1.